The monoisotopic (exact) mass is 434 g/mol. The first-order chi connectivity index (χ1) is 13.5. The molecule has 0 bridgehead atoms. The summed E-state index contributed by atoms with van der Waals surface area (Å²) >= 11 is 0. The molecule has 0 saturated heterocycles. The lowest BCUT2D eigenvalue weighted by atomic mass is 9.92. The second-order valence-electron chi connectivity index (χ2n) is 9.91. The summed E-state index contributed by atoms with van der Waals surface area (Å²) in [6.07, 6.45) is 0. The Labute approximate surface area is 180 Å². The van der Waals surface area contributed by atoms with Crippen LogP contribution in [0.15, 0.2) is 23.1 Å². The van der Waals surface area contributed by atoms with Crippen LogP contribution in [0.2, 0.25) is 0 Å². The van der Waals surface area contributed by atoms with E-state index in [-0.39, 0.29) is 27.3 Å². The third kappa shape index (κ3) is 4.75. The zero-order chi connectivity index (χ0) is 23.2. The molecule has 7 nitrogen and oxygen atoms in total. The van der Waals surface area contributed by atoms with Crippen molar-refractivity contribution in [3.63, 3.8) is 0 Å². The maximum Gasteiger partial charge on any atom is 0.256 e. The van der Waals surface area contributed by atoms with Crippen molar-refractivity contribution < 1.29 is 13.2 Å². The molecule has 0 fully saturated rings. The topological polar surface area (TPSA) is 84.3 Å². The van der Waals surface area contributed by atoms with Crippen molar-refractivity contribution in [2.45, 2.75) is 71.2 Å². The fraction of sp³-hybridized carbons (Fsp3) is 0.545. The van der Waals surface area contributed by atoms with Crippen LogP contribution in [0.4, 0.5) is 5.82 Å². The van der Waals surface area contributed by atoms with Gasteiger partial charge in [-0.3, -0.25) is 4.79 Å². The van der Waals surface area contributed by atoms with Gasteiger partial charge in [0.25, 0.3) is 5.91 Å². The highest BCUT2D eigenvalue weighted by Crippen LogP contribution is 2.29. The standard InChI is InChI=1S/C22H34N4O3S/c1-14-11-16(12-17(15(14)2)30(28,29)25(9)10)20(27)23-19-13-18(21(3,4)5)24-26(19)22(6,7)8/h11-13H,1-10H3,(H,23,27). The minimum absolute atomic E-state index is 0.136. The molecular weight excluding hydrogens is 400 g/mol. The number of aromatic nitrogens is 2. The summed E-state index contributed by atoms with van der Waals surface area (Å²) in [4.78, 5) is 13.2. The summed E-state index contributed by atoms with van der Waals surface area (Å²) in [6.45, 7) is 15.8. The summed E-state index contributed by atoms with van der Waals surface area (Å²) in [6, 6.07) is 5.03. The Hall–Kier alpha value is -2.19. The maximum absolute atomic E-state index is 13.1. The van der Waals surface area contributed by atoms with E-state index >= 15 is 0 Å². The Morgan fingerprint density at radius 2 is 1.60 bits per heavy atom. The number of hydrogen-bond acceptors (Lipinski definition) is 4. The van der Waals surface area contributed by atoms with E-state index in [1.165, 1.54) is 20.2 Å². The number of carbonyl (C=O) groups is 1. The average Bonchev–Trinajstić information content (AvgIpc) is 3.01. The second-order valence-corrected chi connectivity index (χ2v) is 12.0. The highest BCUT2D eigenvalue weighted by molar-refractivity contribution is 7.89. The zero-order valence-electron chi connectivity index (χ0n) is 19.7. The molecule has 1 aromatic heterocycles. The molecule has 1 N–H and O–H groups in total. The number of sulfonamides is 1. The van der Waals surface area contributed by atoms with Crippen LogP contribution in [0.3, 0.4) is 0 Å². The predicted molar refractivity (Wildman–Crippen MR) is 121 cm³/mol. The van der Waals surface area contributed by atoms with Crippen LogP contribution < -0.4 is 5.32 Å². The van der Waals surface area contributed by atoms with Gasteiger partial charge in [0, 0.05) is 31.1 Å². The lowest BCUT2D eigenvalue weighted by Gasteiger charge is -2.23. The van der Waals surface area contributed by atoms with Gasteiger partial charge in [-0.2, -0.15) is 5.10 Å². The van der Waals surface area contributed by atoms with Gasteiger partial charge in [-0.15, -0.1) is 0 Å². The number of amides is 1. The van der Waals surface area contributed by atoms with E-state index in [2.05, 4.69) is 26.1 Å². The smallest absolute Gasteiger partial charge is 0.256 e. The van der Waals surface area contributed by atoms with Crippen LogP contribution >= 0.6 is 0 Å². The van der Waals surface area contributed by atoms with Gasteiger partial charge in [-0.05, 0) is 57.9 Å². The Balaban J connectivity index is 2.54. The third-order valence-corrected chi connectivity index (χ3v) is 6.94. The van der Waals surface area contributed by atoms with Gasteiger partial charge in [0.15, 0.2) is 0 Å². The molecule has 0 aliphatic heterocycles. The van der Waals surface area contributed by atoms with Crippen LogP contribution in [0, 0.1) is 13.8 Å². The molecule has 0 spiro atoms. The fourth-order valence-corrected chi connectivity index (χ4v) is 4.18. The van der Waals surface area contributed by atoms with E-state index in [9.17, 15) is 13.2 Å². The molecule has 0 saturated carbocycles. The molecule has 166 valence electrons. The largest absolute Gasteiger partial charge is 0.307 e. The van der Waals surface area contributed by atoms with Crippen LogP contribution in [-0.2, 0) is 21.0 Å². The van der Waals surface area contributed by atoms with Crippen molar-refractivity contribution in [2.75, 3.05) is 19.4 Å². The van der Waals surface area contributed by atoms with E-state index in [0.29, 0.717) is 11.4 Å². The number of nitrogens with zero attached hydrogens (tertiary/aromatic N) is 3. The van der Waals surface area contributed by atoms with Crippen LogP contribution in [0.1, 0.15) is 68.7 Å². The average molecular weight is 435 g/mol. The summed E-state index contributed by atoms with van der Waals surface area (Å²) in [7, 11) is -0.712. The van der Waals surface area contributed by atoms with Crippen LogP contribution in [0.5, 0.6) is 0 Å². The summed E-state index contributed by atoms with van der Waals surface area (Å²) in [5.41, 5.74) is 2.01. The van der Waals surface area contributed by atoms with Gasteiger partial charge in [-0.25, -0.2) is 17.4 Å². The van der Waals surface area contributed by atoms with E-state index in [4.69, 9.17) is 5.10 Å². The number of benzene rings is 1. The molecular formula is C22H34N4O3S. The Morgan fingerprint density at radius 3 is 2.07 bits per heavy atom. The van der Waals surface area contributed by atoms with Crippen molar-refractivity contribution in [1.29, 1.82) is 0 Å². The highest BCUT2D eigenvalue weighted by atomic mass is 32.2. The predicted octanol–water partition coefficient (Wildman–Crippen LogP) is 4.06. The van der Waals surface area contributed by atoms with Gasteiger partial charge in [-0.1, -0.05) is 20.8 Å². The van der Waals surface area contributed by atoms with Crippen LogP contribution in [0.25, 0.3) is 0 Å². The maximum atomic E-state index is 13.1. The number of rotatable bonds is 4. The molecule has 0 aliphatic rings. The molecule has 0 aliphatic carbocycles. The number of aryl methyl sites for hydroxylation is 1. The van der Waals surface area contributed by atoms with Crippen LogP contribution in [-0.4, -0.2) is 42.5 Å². The number of hydrogen-bond donors (Lipinski definition) is 1. The van der Waals surface area contributed by atoms with Gasteiger partial charge >= 0.3 is 0 Å². The zero-order valence-corrected chi connectivity index (χ0v) is 20.5. The van der Waals surface area contributed by atoms with E-state index in [1.54, 1.807) is 24.6 Å². The van der Waals surface area contributed by atoms with Crippen molar-refractivity contribution >= 4 is 21.7 Å². The first-order valence-electron chi connectivity index (χ1n) is 9.92. The molecule has 1 amide bonds. The highest BCUT2D eigenvalue weighted by Gasteiger charge is 2.27. The Kier molecular flexibility index (Phi) is 6.27. The van der Waals surface area contributed by atoms with Gasteiger partial charge in [0.2, 0.25) is 10.0 Å². The molecule has 0 unspecified atom stereocenters. The molecule has 1 heterocycles. The molecule has 0 radical (unpaired) electrons. The van der Waals surface area contributed by atoms with Crippen molar-refractivity contribution in [2.24, 2.45) is 0 Å². The van der Waals surface area contributed by atoms with Gasteiger partial charge in [0.1, 0.15) is 5.82 Å². The molecule has 1 aromatic carbocycles. The summed E-state index contributed by atoms with van der Waals surface area (Å²) in [5.74, 6) is 0.201. The Bertz CT molecular complexity index is 1070. The normalized spacial score (nSPS) is 13.0. The molecule has 2 rings (SSSR count). The molecule has 0 atom stereocenters. The van der Waals surface area contributed by atoms with E-state index in [0.717, 1.165) is 15.6 Å². The van der Waals surface area contributed by atoms with Crippen molar-refractivity contribution in [1.82, 2.24) is 14.1 Å². The van der Waals surface area contributed by atoms with E-state index < -0.39 is 10.0 Å². The number of anilines is 1. The van der Waals surface area contributed by atoms with Gasteiger partial charge < -0.3 is 5.32 Å². The fourth-order valence-electron chi connectivity index (χ4n) is 2.96. The van der Waals surface area contributed by atoms with Gasteiger partial charge in [0.05, 0.1) is 16.1 Å². The number of nitrogens with one attached hydrogen (secondary N) is 1. The second kappa shape index (κ2) is 7.81. The van der Waals surface area contributed by atoms with Crippen molar-refractivity contribution in [3.8, 4) is 0 Å². The summed E-state index contributed by atoms with van der Waals surface area (Å²) < 4.78 is 28.4. The first kappa shape index (κ1) is 24.1. The molecule has 8 heteroatoms. The minimum Gasteiger partial charge on any atom is -0.307 e. The lowest BCUT2D eigenvalue weighted by molar-refractivity contribution is 0.102. The SMILES string of the molecule is Cc1cc(C(=O)Nc2cc(C(C)(C)C)nn2C(C)(C)C)cc(S(=O)(=O)N(C)C)c1C. The molecule has 2 aromatic rings. The Morgan fingerprint density at radius 1 is 1.03 bits per heavy atom. The minimum atomic E-state index is -3.67. The van der Waals surface area contributed by atoms with E-state index in [1.807, 2.05) is 26.8 Å². The number of carbonyl (C=O) groups excluding carboxylic acids is 1. The lowest BCUT2D eigenvalue weighted by Crippen LogP contribution is -2.27. The summed E-state index contributed by atoms with van der Waals surface area (Å²) in [5, 5.41) is 7.64. The quantitative estimate of drug-likeness (QED) is 0.787. The first-order valence-corrected chi connectivity index (χ1v) is 11.4. The third-order valence-electron chi connectivity index (χ3n) is 5.00. The van der Waals surface area contributed by atoms with Crippen molar-refractivity contribution in [3.05, 3.63) is 40.6 Å². The molecule has 30 heavy (non-hydrogen) atoms.